The first-order valence-electron chi connectivity index (χ1n) is 6.58. The maximum Gasteiger partial charge on any atom is 0.320 e. The molecule has 0 aromatic heterocycles. The summed E-state index contributed by atoms with van der Waals surface area (Å²) in [6.07, 6.45) is 3.63. The molecular weight excluding hydrogens is 200 g/mol. The predicted octanol–water partition coefficient (Wildman–Crippen LogP) is 3.10. The van der Waals surface area contributed by atoms with Crippen molar-refractivity contribution in [1.29, 1.82) is 0 Å². The molecule has 1 saturated carbocycles. The molecular formula is C13H26N2O. The summed E-state index contributed by atoms with van der Waals surface area (Å²) in [5.41, 5.74) is 0. The molecule has 3 heteroatoms. The topological polar surface area (TPSA) is 23.6 Å². The standard InChI is InChI=1S/C13H26N2O/c1-6-14(10(2)3)13(16)15(11(4)5)12-8-7-9-12/h10-12H,6-9H2,1-5H3. The first kappa shape index (κ1) is 13.3. The molecule has 2 amide bonds. The van der Waals surface area contributed by atoms with Crippen LogP contribution in [0.2, 0.25) is 0 Å². The van der Waals surface area contributed by atoms with Crippen LogP contribution in [0, 0.1) is 0 Å². The number of amides is 2. The Morgan fingerprint density at radius 1 is 1.19 bits per heavy atom. The number of urea groups is 1. The van der Waals surface area contributed by atoms with Crippen molar-refractivity contribution in [2.75, 3.05) is 6.54 Å². The van der Waals surface area contributed by atoms with E-state index in [1.165, 1.54) is 19.3 Å². The first-order chi connectivity index (χ1) is 7.49. The lowest BCUT2D eigenvalue weighted by Gasteiger charge is -2.43. The molecule has 1 aliphatic rings. The lowest BCUT2D eigenvalue weighted by molar-refractivity contribution is 0.0812. The van der Waals surface area contributed by atoms with Gasteiger partial charge in [0.2, 0.25) is 0 Å². The number of rotatable bonds is 4. The SMILES string of the molecule is CCN(C(=O)N(C(C)C)C1CCC1)C(C)C. The van der Waals surface area contributed by atoms with Crippen molar-refractivity contribution in [3.63, 3.8) is 0 Å². The molecule has 0 radical (unpaired) electrons. The molecule has 94 valence electrons. The van der Waals surface area contributed by atoms with Gasteiger partial charge in [-0.1, -0.05) is 0 Å². The van der Waals surface area contributed by atoms with Crippen LogP contribution in [0.3, 0.4) is 0 Å². The summed E-state index contributed by atoms with van der Waals surface area (Å²) in [6.45, 7) is 11.2. The highest BCUT2D eigenvalue weighted by Crippen LogP contribution is 2.27. The van der Waals surface area contributed by atoms with E-state index in [1.807, 2.05) is 4.90 Å². The van der Waals surface area contributed by atoms with Crippen LogP contribution in [0.25, 0.3) is 0 Å². The molecule has 0 atom stereocenters. The minimum Gasteiger partial charge on any atom is -0.322 e. The maximum absolute atomic E-state index is 12.4. The zero-order valence-electron chi connectivity index (χ0n) is 11.4. The van der Waals surface area contributed by atoms with Gasteiger partial charge in [-0.15, -0.1) is 0 Å². The minimum atomic E-state index is 0.220. The van der Waals surface area contributed by atoms with Crippen LogP contribution >= 0.6 is 0 Å². The average molecular weight is 226 g/mol. The summed E-state index contributed by atoms with van der Waals surface area (Å²) in [4.78, 5) is 16.5. The second kappa shape index (κ2) is 5.55. The lowest BCUT2D eigenvalue weighted by Crippen LogP contribution is -2.54. The van der Waals surface area contributed by atoms with Crippen molar-refractivity contribution in [3.05, 3.63) is 0 Å². The molecule has 0 spiro atoms. The van der Waals surface area contributed by atoms with Gasteiger partial charge in [-0.05, 0) is 53.9 Å². The molecule has 0 aliphatic heterocycles. The second-order valence-electron chi connectivity index (χ2n) is 5.25. The third kappa shape index (κ3) is 2.69. The number of nitrogens with zero attached hydrogens (tertiary/aromatic N) is 2. The fourth-order valence-corrected chi connectivity index (χ4v) is 2.33. The summed E-state index contributed by atoms with van der Waals surface area (Å²) in [5.74, 6) is 0. The van der Waals surface area contributed by atoms with E-state index in [4.69, 9.17) is 0 Å². The highest BCUT2D eigenvalue weighted by molar-refractivity contribution is 5.75. The van der Waals surface area contributed by atoms with Crippen molar-refractivity contribution in [2.45, 2.75) is 72.0 Å². The van der Waals surface area contributed by atoms with Crippen LogP contribution in [-0.2, 0) is 0 Å². The van der Waals surface area contributed by atoms with Crippen molar-refractivity contribution in [2.24, 2.45) is 0 Å². The van der Waals surface area contributed by atoms with E-state index in [2.05, 4.69) is 39.5 Å². The quantitative estimate of drug-likeness (QED) is 0.722. The highest BCUT2D eigenvalue weighted by atomic mass is 16.2. The largest absolute Gasteiger partial charge is 0.322 e. The summed E-state index contributed by atoms with van der Waals surface area (Å²) >= 11 is 0. The zero-order valence-corrected chi connectivity index (χ0v) is 11.4. The van der Waals surface area contributed by atoms with E-state index < -0.39 is 0 Å². The zero-order chi connectivity index (χ0) is 12.3. The van der Waals surface area contributed by atoms with E-state index in [1.54, 1.807) is 0 Å². The monoisotopic (exact) mass is 226 g/mol. The van der Waals surface area contributed by atoms with E-state index in [-0.39, 0.29) is 6.03 Å². The highest BCUT2D eigenvalue weighted by Gasteiger charge is 2.33. The molecule has 1 rings (SSSR count). The summed E-state index contributed by atoms with van der Waals surface area (Å²) in [5, 5.41) is 0. The number of hydrogen-bond donors (Lipinski definition) is 0. The molecule has 0 N–H and O–H groups in total. The number of carbonyl (C=O) groups excluding carboxylic acids is 1. The molecule has 16 heavy (non-hydrogen) atoms. The van der Waals surface area contributed by atoms with E-state index in [0.717, 1.165) is 6.54 Å². The van der Waals surface area contributed by atoms with Gasteiger partial charge >= 0.3 is 6.03 Å². The Kier molecular flexibility index (Phi) is 4.63. The second-order valence-corrected chi connectivity index (χ2v) is 5.25. The molecule has 0 saturated heterocycles. The summed E-state index contributed by atoms with van der Waals surface area (Å²) in [6, 6.07) is 1.31. The Morgan fingerprint density at radius 2 is 1.75 bits per heavy atom. The van der Waals surface area contributed by atoms with Crippen molar-refractivity contribution in [1.82, 2.24) is 9.80 Å². The Morgan fingerprint density at radius 3 is 2.00 bits per heavy atom. The van der Waals surface area contributed by atoms with Crippen molar-refractivity contribution in [3.8, 4) is 0 Å². The first-order valence-corrected chi connectivity index (χ1v) is 6.58. The van der Waals surface area contributed by atoms with Crippen LogP contribution in [0.4, 0.5) is 4.79 Å². The Bertz CT molecular complexity index is 234. The van der Waals surface area contributed by atoms with E-state index in [0.29, 0.717) is 18.1 Å². The minimum absolute atomic E-state index is 0.220. The number of hydrogen-bond acceptors (Lipinski definition) is 1. The Hall–Kier alpha value is -0.730. The summed E-state index contributed by atoms with van der Waals surface area (Å²) in [7, 11) is 0. The van der Waals surface area contributed by atoms with Crippen LogP contribution in [0.5, 0.6) is 0 Å². The molecule has 0 heterocycles. The molecule has 0 aromatic rings. The fourth-order valence-electron chi connectivity index (χ4n) is 2.33. The van der Waals surface area contributed by atoms with Gasteiger partial charge in [0, 0.05) is 24.7 Å². The Balaban J connectivity index is 2.72. The molecule has 1 aliphatic carbocycles. The van der Waals surface area contributed by atoms with Gasteiger partial charge in [-0.3, -0.25) is 0 Å². The van der Waals surface area contributed by atoms with Crippen LogP contribution in [0.1, 0.15) is 53.9 Å². The Labute approximate surface area is 99.8 Å². The fraction of sp³-hybridized carbons (Fsp3) is 0.923. The normalized spacial score (nSPS) is 16.4. The number of carbonyl (C=O) groups is 1. The third-order valence-electron chi connectivity index (χ3n) is 3.46. The predicted molar refractivity (Wildman–Crippen MR) is 67.5 cm³/mol. The van der Waals surface area contributed by atoms with Gasteiger partial charge in [0.15, 0.2) is 0 Å². The molecule has 0 unspecified atom stereocenters. The molecule has 0 bridgehead atoms. The lowest BCUT2D eigenvalue weighted by atomic mass is 9.91. The van der Waals surface area contributed by atoms with E-state index >= 15 is 0 Å². The van der Waals surface area contributed by atoms with E-state index in [9.17, 15) is 4.79 Å². The molecule has 1 fully saturated rings. The smallest absolute Gasteiger partial charge is 0.320 e. The summed E-state index contributed by atoms with van der Waals surface area (Å²) < 4.78 is 0. The van der Waals surface area contributed by atoms with Gasteiger partial charge in [0.1, 0.15) is 0 Å². The third-order valence-corrected chi connectivity index (χ3v) is 3.46. The van der Waals surface area contributed by atoms with Gasteiger partial charge in [0.05, 0.1) is 0 Å². The average Bonchev–Trinajstić information content (AvgIpc) is 2.10. The van der Waals surface area contributed by atoms with Crippen LogP contribution in [0.15, 0.2) is 0 Å². The van der Waals surface area contributed by atoms with Crippen molar-refractivity contribution < 1.29 is 4.79 Å². The maximum atomic E-state index is 12.4. The van der Waals surface area contributed by atoms with Crippen molar-refractivity contribution >= 4 is 6.03 Å². The van der Waals surface area contributed by atoms with Gasteiger partial charge < -0.3 is 9.80 Å². The molecule has 3 nitrogen and oxygen atoms in total. The van der Waals surface area contributed by atoms with Gasteiger partial charge in [-0.2, -0.15) is 0 Å². The van der Waals surface area contributed by atoms with Crippen LogP contribution in [-0.4, -0.2) is 40.5 Å². The van der Waals surface area contributed by atoms with Crippen LogP contribution < -0.4 is 0 Å². The molecule has 0 aromatic carbocycles. The van der Waals surface area contributed by atoms with Gasteiger partial charge in [-0.25, -0.2) is 4.79 Å². The van der Waals surface area contributed by atoms with Gasteiger partial charge in [0.25, 0.3) is 0 Å².